The third-order valence-electron chi connectivity index (χ3n) is 12.1. The number of hydrogen-bond donors (Lipinski definition) is 0. The number of aromatic nitrogens is 1. The number of rotatable bonds is 5. The molecule has 0 atom stereocenters. The Bertz CT molecular complexity index is 3310. The summed E-state index contributed by atoms with van der Waals surface area (Å²) in [6, 6.07) is 73.8. The van der Waals surface area contributed by atoms with E-state index in [-0.39, 0.29) is 0 Å². The molecule has 10 aromatic carbocycles. The number of aryl methyl sites for hydroxylation is 2. The minimum absolute atomic E-state index is 1.16. The van der Waals surface area contributed by atoms with Crippen LogP contribution in [-0.4, -0.2) is 4.57 Å². The van der Waals surface area contributed by atoms with Crippen molar-refractivity contribution in [3.8, 4) is 50.2 Å². The fraction of sp³-hybridized carbons (Fsp3) is 0.0357. The Balaban J connectivity index is 0.932. The summed E-state index contributed by atoms with van der Waals surface area (Å²) in [6.07, 6.45) is 0. The second kappa shape index (κ2) is 13.2. The first-order valence-electron chi connectivity index (χ1n) is 19.8. The van der Waals surface area contributed by atoms with Crippen LogP contribution in [0, 0.1) is 13.8 Å². The molecule has 0 saturated carbocycles. The molecule has 0 aliphatic carbocycles. The van der Waals surface area contributed by atoms with Crippen LogP contribution in [0.25, 0.3) is 104 Å². The van der Waals surface area contributed by atoms with Crippen molar-refractivity contribution in [3.05, 3.63) is 211 Å². The first-order chi connectivity index (χ1) is 28.1. The van der Waals surface area contributed by atoms with E-state index in [0.717, 1.165) is 5.69 Å². The van der Waals surface area contributed by atoms with E-state index >= 15 is 0 Å². The van der Waals surface area contributed by atoms with Crippen LogP contribution < -0.4 is 0 Å². The largest absolute Gasteiger partial charge is 0.309 e. The maximum atomic E-state index is 2.41. The molecule has 0 N–H and O–H groups in total. The van der Waals surface area contributed by atoms with Gasteiger partial charge in [0.1, 0.15) is 0 Å². The van der Waals surface area contributed by atoms with Gasteiger partial charge in [0.05, 0.1) is 11.0 Å². The lowest BCUT2D eigenvalue weighted by Gasteiger charge is -2.13. The Hall–Kier alpha value is -7.22. The van der Waals surface area contributed by atoms with E-state index in [1.165, 1.54) is 110 Å². The van der Waals surface area contributed by atoms with Crippen LogP contribution in [0.15, 0.2) is 200 Å². The molecule has 57 heavy (non-hydrogen) atoms. The third kappa shape index (κ3) is 5.46. The Labute approximate surface area is 332 Å². The first-order valence-corrected chi connectivity index (χ1v) is 19.8. The smallest absolute Gasteiger partial charge is 0.0541 e. The summed E-state index contributed by atoms with van der Waals surface area (Å²) in [5.41, 5.74) is 16.1. The van der Waals surface area contributed by atoms with E-state index < -0.39 is 0 Å². The van der Waals surface area contributed by atoms with Gasteiger partial charge in [-0.25, -0.2) is 0 Å². The number of hydrogen-bond acceptors (Lipinski definition) is 0. The van der Waals surface area contributed by atoms with Gasteiger partial charge >= 0.3 is 0 Å². The fourth-order valence-electron chi connectivity index (χ4n) is 9.20. The minimum Gasteiger partial charge on any atom is -0.309 e. The number of fused-ring (bicyclic) bond motifs is 9. The Morgan fingerprint density at radius 3 is 1.32 bits per heavy atom. The Morgan fingerprint density at radius 2 is 0.684 bits per heavy atom. The highest BCUT2D eigenvalue weighted by molar-refractivity contribution is 6.25. The standard InChI is InChI=1S/C56H39N/c1-36-11-3-4-12-45(36)46-30-25-41(33-37(46)2)38-19-21-39(22-20-38)43-27-32-56-54(35-43)52-17-9-10-18-55(52)57(56)44-28-23-40(24-29-44)42-26-31-51-49-15-6-5-13-47(49)48-14-7-8-16-50(48)53(51)34-42/h3-35H,1-2H3. The lowest BCUT2D eigenvalue weighted by atomic mass is 9.92. The van der Waals surface area contributed by atoms with Crippen molar-refractivity contribution >= 4 is 54.1 Å². The quantitative estimate of drug-likeness (QED) is 0.156. The molecular formula is C56H39N. The SMILES string of the molecule is Cc1ccccc1-c1ccc(-c2ccc(-c3ccc4c(c3)c3ccccc3n4-c3ccc(-c4ccc5c6ccccc6c6ccccc6c5c4)cc3)cc2)cc1C. The average molecular weight is 726 g/mol. The van der Waals surface area contributed by atoms with E-state index in [9.17, 15) is 0 Å². The predicted octanol–water partition coefficient (Wildman–Crippen LogP) is 15.5. The molecule has 0 bridgehead atoms. The van der Waals surface area contributed by atoms with Crippen molar-refractivity contribution in [3.63, 3.8) is 0 Å². The molecule has 0 fully saturated rings. The minimum atomic E-state index is 1.16. The lowest BCUT2D eigenvalue weighted by Crippen LogP contribution is -1.93. The van der Waals surface area contributed by atoms with Gasteiger partial charge in [0, 0.05) is 16.5 Å². The third-order valence-corrected chi connectivity index (χ3v) is 12.1. The van der Waals surface area contributed by atoms with Gasteiger partial charge in [-0.1, -0.05) is 164 Å². The summed E-state index contributed by atoms with van der Waals surface area (Å²) in [7, 11) is 0. The van der Waals surface area contributed by atoms with E-state index in [1.807, 2.05) is 0 Å². The number of para-hydroxylation sites is 1. The van der Waals surface area contributed by atoms with Gasteiger partial charge in [0.25, 0.3) is 0 Å². The molecule has 0 unspecified atom stereocenters. The zero-order valence-electron chi connectivity index (χ0n) is 32.0. The van der Waals surface area contributed by atoms with Gasteiger partial charge in [0.15, 0.2) is 0 Å². The monoisotopic (exact) mass is 725 g/mol. The van der Waals surface area contributed by atoms with Crippen molar-refractivity contribution in [1.29, 1.82) is 0 Å². The fourth-order valence-corrected chi connectivity index (χ4v) is 9.20. The second-order valence-electron chi connectivity index (χ2n) is 15.4. The topological polar surface area (TPSA) is 4.93 Å². The molecule has 11 aromatic rings. The molecule has 0 aliphatic rings. The number of benzene rings is 10. The summed E-state index contributed by atoms with van der Waals surface area (Å²) in [5.74, 6) is 0. The molecule has 0 spiro atoms. The van der Waals surface area contributed by atoms with Crippen molar-refractivity contribution in [2.24, 2.45) is 0 Å². The van der Waals surface area contributed by atoms with Crippen LogP contribution >= 0.6 is 0 Å². The summed E-state index contributed by atoms with van der Waals surface area (Å²) in [6.45, 7) is 4.40. The summed E-state index contributed by atoms with van der Waals surface area (Å²) >= 11 is 0. The molecule has 1 heteroatoms. The average Bonchev–Trinajstić information content (AvgIpc) is 3.60. The highest BCUT2D eigenvalue weighted by atomic mass is 15.0. The van der Waals surface area contributed by atoms with Crippen molar-refractivity contribution in [1.82, 2.24) is 4.57 Å². The molecular weight excluding hydrogens is 687 g/mol. The highest BCUT2D eigenvalue weighted by Gasteiger charge is 2.15. The van der Waals surface area contributed by atoms with Crippen LogP contribution in [0.2, 0.25) is 0 Å². The molecule has 268 valence electrons. The maximum absolute atomic E-state index is 2.41. The zero-order valence-corrected chi connectivity index (χ0v) is 32.0. The van der Waals surface area contributed by atoms with Gasteiger partial charge < -0.3 is 4.57 Å². The summed E-state index contributed by atoms with van der Waals surface area (Å²) < 4.78 is 2.41. The van der Waals surface area contributed by atoms with Crippen LogP contribution in [0.4, 0.5) is 0 Å². The van der Waals surface area contributed by atoms with Crippen LogP contribution in [0.1, 0.15) is 11.1 Å². The zero-order chi connectivity index (χ0) is 38.0. The van der Waals surface area contributed by atoms with Crippen LogP contribution in [0.3, 0.4) is 0 Å². The lowest BCUT2D eigenvalue weighted by molar-refractivity contribution is 1.18. The van der Waals surface area contributed by atoms with Gasteiger partial charge in [-0.2, -0.15) is 0 Å². The Morgan fingerprint density at radius 1 is 0.263 bits per heavy atom. The molecule has 0 aliphatic heterocycles. The number of nitrogens with zero attached hydrogens (tertiary/aromatic N) is 1. The molecule has 0 amide bonds. The van der Waals surface area contributed by atoms with E-state index in [0.29, 0.717) is 0 Å². The molecule has 0 radical (unpaired) electrons. The van der Waals surface area contributed by atoms with Gasteiger partial charge in [-0.15, -0.1) is 0 Å². The van der Waals surface area contributed by atoms with E-state index in [2.05, 4.69) is 219 Å². The van der Waals surface area contributed by atoms with E-state index in [1.54, 1.807) is 0 Å². The van der Waals surface area contributed by atoms with Crippen molar-refractivity contribution < 1.29 is 0 Å². The van der Waals surface area contributed by atoms with Gasteiger partial charge in [-0.3, -0.25) is 0 Å². The van der Waals surface area contributed by atoms with Crippen LogP contribution in [-0.2, 0) is 0 Å². The summed E-state index contributed by atoms with van der Waals surface area (Å²) in [5, 5.41) is 10.3. The highest BCUT2D eigenvalue weighted by Crippen LogP contribution is 2.39. The van der Waals surface area contributed by atoms with E-state index in [4.69, 9.17) is 0 Å². The Kier molecular flexibility index (Phi) is 7.69. The van der Waals surface area contributed by atoms with Crippen LogP contribution in [0.5, 0.6) is 0 Å². The molecule has 11 rings (SSSR count). The summed E-state index contributed by atoms with van der Waals surface area (Å²) in [4.78, 5) is 0. The molecule has 1 nitrogen and oxygen atoms in total. The molecule has 0 saturated heterocycles. The van der Waals surface area contributed by atoms with Crippen molar-refractivity contribution in [2.75, 3.05) is 0 Å². The predicted molar refractivity (Wildman–Crippen MR) is 245 cm³/mol. The maximum Gasteiger partial charge on any atom is 0.0541 e. The first kappa shape index (κ1) is 33.1. The van der Waals surface area contributed by atoms with Crippen molar-refractivity contribution in [2.45, 2.75) is 13.8 Å². The van der Waals surface area contributed by atoms with Gasteiger partial charge in [-0.05, 0) is 138 Å². The molecule has 1 heterocycles. The van der Waals surface area contributed by atoms with Gasteiger partial charge in [0.2, 0.25) is 0 Å². The normalized spacial score (nSPS) is 11.7. The molecule has 1 aromatic heterocycles. The second-order valence-corrected chi connectivity index (χ2v) is 15.4.